The molecule has 4 atom stereocenters. The minimum atomic E-state index is 0.747. The third kappa shape index (κ3) is 2.96. The molecule has 2 aliphatic rings. The second-order valence-electron chi connectivity index (χ2n) is 7.09. The van der Waals surface area contributed by atoms with Crippen LogP contribution in [0.2, 0.25) is 0 Å². The molecule has 22 heavy (non-hydrogen) atoms. The van der Waals surface area contributed by atoms with Crippen molar-refractivity contribution >= 4 is 0 Å². The highest BCUT2D eigenvalue weighted by atomic mass is 15.0. The summed E-state index contributed by atoms with van der Waals surface area (Å²) in [5.41, 5.74) is 3.00. The Bertz CT molecular complexity index is 538. The molecule has 0 spiro atoms. The highest BCUT2D eigenvalue weighted by Gasteiger charge is 2.40. The van der Waals surface area contributed by atoms with E-state index in [0.717, 1.165) is 23.9 Å². The lowest BCUT2D eigenvalue weighted by Crippen LogP contribution is -2.47. The van der Waals surface area contributed by atoms with Crippen molar-refractivity contribution in [2.24, 2.45) is 11.8 Å². The van der Waals surface area contributed by atoms with Gasteiger partial charge < -0.3 is 5.32 Å². The molecule has 114 valence electrons. The lowest BCUT2D eigenvalue weighted by molar-refractivity contribution is 0.210. The van der Waals surface area contributed by atoms with Gasteiger partial charge >= 0.3 is 0 Å². The number of nitrogens with one attached hydrogen (secondary N) is 1. The zero-order chi connectivity index (χ0) is 14.8. The summed E-state index contributed by atoms with van der Waals surface area (Å²) in [4.78, 5) is 0. The molecule has 0 radical (unpaired) electrons. The van der Waals surface area contributed by atoms with E-state index in [2.05, 4.69) is 66.0 Å². The summed E-state index contributed by atoms with van der Waals surface area (Å²) < 4.78 is 0. The first-order chi connectivity index (χ1) is 10.9. The SMILES string of the molecule is c1ccc(C[C@H]2C[C@@H](Cc3ccccc3)[C@H]3CC[C@@H]2N3)cc1. The van der Waals surface area contributed by atoms with Crippen molar-refractivity contribution in [2.75, 3.05) is 0 Å². The quantitative estimate of drug-likeness (QED) is 0.889. The zero-order valence-electron chi connectivity index (χ0n) is 13.1. The maximum atomic E-state index is 3.93. The summed E-state index contributed by atoms with van der Waals surface area (Å²) in [6.45, 7) is 0. The molecule has 2 heterocycles. The van der Waals surface area contributed by atoms with Gasteiger partial charge in [-0.2, -0.15) is 0 Å². The van der Waals surface area contributed by atoms with Crippen molar-refractivity contribution in [1.82, 2.24) is 5.32 Å². The van der Waals surface area contributed by atoms with E-state index in [-0.39, 0.29) is 0 Å². The fourth-order valence-electron chi connectivity index (χ4n) is 4.55. The van der Waals surface area contributed by atoms with Crippen LogP contribution < -0.4 is 5.32 Å². The minimum absolute atomic E-state index is 0.747. The van der Waals surface area contributed by atoms with E-state index < -0.39 is 0 Å². The molecule has 1 heteroatoms. The van der Waals surface area contributed by atoms with Crippen LogP contribution >= 0.6 is 0 Å². The van der Waals surface area contributed by atoms with Gasteiger partial charge in [-0.1, -0.05) is 60.7 Å². The average molecular weight is 291 g/mol. The molecule has 1 N–H and O–H groups in total. The van der Waals surface area contributed by atoms with Gasteiger partial charge in [0.1, 0.15) is 0 Å². The van der Waals surface area contributed by atoms with E-state index >= 15 is 0 Å². The van der Waals surface area contributed by atoms with E-state index in [9.17, 15) is 0 Å². The Kier molecular flexibility index (Phi) is 3.99. The van der Waals surface area contributed by atoms with E-state index in [1.54, 1.807) is 0 Å². The molecule has 2 bridgehead atoms. The fraction of sp³-hybridized carbons (Fsp3) is 0.429. The summed E-state index contributed by atoms with van der Waals surface area (Å²) in [5, 5.41) is 3.93. The predicted octanol–water partition coefficient (Wildman–Crippen LogP) is 4.23. The maximum Gasteiger partial charge on any atom is 0.0102 e. The van der Waals surface area contributed by atoms with Crippen LogP contribution in [-0.2, 0) is 12.8 Å². The summed E-state index contributed by atoms with van der Waals surface area (Å²) in [5.74, 6) is 1.60. The van der Waals surface area contributed by atoms with Gasteiger partial charge in [-0.15, -0.1) is 0 Å². The fourth-order valence-corrected chi connectivity index (χ4v) is 4.55. The lowest BCUT2D eigenvalue weighted by atomic mass is 9.78. The number of hydrogen-bond acceptors (Lipinski definition) is 1. The summed E-state index contributed by atoms with van der Waals surface area (Å²) >= 11 is 0. The second kappa shape index (κ2) is 6.26. The standard InChI is InChI=1S/C21H25N/c1-3-7-16(8-4-1)13-18-15-19(21-12-11-20(18)22-21)14-17-9-5-2-6-10-17/h1-10,18-22H,11-15H2/t18-,19+,20-,21+. The molecule has 4 rings (SSSR count). The van der Waals surface area contributed by atoms with Crippen LogP contribution in [0.25, 0.3) is 0 Å². The first-order valence-corrected chi connectivity index (χ1v) is 8.72. The normalized spacial score (nSPS) is 30.4. The maximum absolute atomic E-state index is 3.93. The molecule has 2 aliphatic heterocycles. The van der Waals surface area contributed by atoms with Crippen LogP contribution in [0, 0.1) is 11.8 Å². The Hall–Kier alpha value is -1.60. The second-order valence-corrected chi connectivity index (χ2v) is 7.09. The predicted molar refractivity (Wildman–Crippen MR) is 91.8 cm³/mol. The first-order valence-electron chi connectivity index (χ1n) is 8.72. The van der Waals surface area contributed by atoms with E-state index in [0.29, 0.717) is 0 Å². The van der Waals surface area contributed by atoms with Gasteiger partial charge in [-0.3, -0.25) is 0 Å². The van der Waals surface area contributed by atoms with Crippen molar-refractivity contribution in [3.63, 3.8) is 0 Å². The van der Waals surface area contributed by atoms with Gasteiger partial charge in [0, 0.05) is 12.1 Å². The molecular weight excluding hydrogens is 266 g/mol. The summed E-state index contributed by atoms with van der Waals surface area (Å²) in [7, 11) is 0. The topological polar surface area (TPSA) is 12.0 Å². The van der Waals surface area contributed by atoms with Gasteiger partial charge in [0.05, 0.1) is 0 Å². The van der Waals surface area contributed by atoms with Crippen LogP contribution in [0.3, 0.4) is 0 Å². The van der Waals surface area contributed by atoms with Gasteiger partial charge in [-0.05, 0) is 55.1 Å². The van der Waals surface area contributed by atoms with Gasteiger partial charge in [-0.25, -0.2) is 0 Å². The number of rotatable bonds is 4. The molecular formula is C21H25N. The Morgan fingerprint density at radius 1 is 0.682 bits per heavy atom. The van der Waals surface area contributed by atoms with Crippen LogP contribution in [0.15, 0.2) is 60.7 Å². The smallest absolute Gasteiger partial charge is 0.0102 e. The van der Waals surface area contributed by atoms with Crippen LogP contribution in [0.4, 0.5) is 0 Å². The minimum Gasteiger partial charge on any atom is -0.311 e. The molecule has 0 aromatic heterocycles. The molecule has 1 nitrogen and oxygen atoms in total. The number of fused-ring (bicyclic) bond motifs is 2. The van der Waals surface area contributed by atoms with Crippen molar-refractivity contribution in [1.29, 1.82) is 0 Å². The van der Waals surface area contributed by atoms with Gasteiger partial charge in [0.25, 0.3) is 0 Å². The summed E-state index contributed by atoms with van der Waals surface area (Å²) in [6.07, 6.45) is 6.58. The monoisotopic (exact) mass is 291 g/mol. The highest BCUT2D eigenvalue weighted by Crippen LogP contribution is 2.38. The average Bonchev–Trinajstić information content (AvgIpc) is 2.99. The molecule has 0 amide bonds. The van der Waals surface area contributed by atoms with Crippen molar-refractivity contribution < 1.29 is 0 Å². The van der Waals surface area contributed by atoms with Crippen molar-refractivity contribution in [3.05, 3.63) is 71.8 Å². The lowest BCUT2D eigenvalue weighted by Gasteiger charge is -2.37. The van der Waals surface area contributed by atoms with Crippen LogP contribution in [-0.4, -0.2) is 12.1 Å². The molecule has 2 aromatic rings. The molecule has 0 saturated carbocycles. The molecule has 2 saturated heterocycles. The molecule has 0 unspecified atom stereocenters. The van der Waals surface area contributed by atoms with Gasteiger partial charge in [0.15, 0.2) is 0 Å². The van der Waals surface area contributed by atoms with Crippen molar-refractivity contribution in [3.8, 4) is 0 Å². The molecule has 2 fully saturated rings. The third-order valence-electron chi connectivity index (χ3n) is 5.64. The number of benzene rings is 2. The Morgan fingerprint density at radius 2 is 1.14 bits per heavy atom. The summed E-state index contributed by atoms with van der Waals surface area (Å²) in [6, 6.07) is 23.6. The number of piperidine rings is 1. The Labute approximate surface area is 133 Å². The highest BCUT2D eigenvalue weighted by molar-refractivity contribution is 5.19. The molecule has 0 aliphatic carbocycles. The first kappa shape index (κ1) is 14.0. The van der Waals surface area contributed by atoms with Gasteiger partial charge in [0.2, 0.25) is 0 Å². The van der Waals surface area contributed by atoms with Crippen LogP contribution in [0.1, 0.15) is 30.4 Å². The zero-order valence-corrected chi connectivity index (χ0v) is 13.1. The van der Waals surface area contributed by atoms with Crippen LogP contribution in [0.5, 0.6) is 0 Å². The largest absolute Gasteiger partial charge is 0.311 e. The van der Waals surface area contributed by atoms with E-state index in [1.807, 2.05) is 0 Å². The third-order valence-corrected chi connectivity index (χ3v) is 5.64. The van der Waals surface area contributed by atoms with E-state index in [1.165, 1.54) is 43.2 Å². The Morgan fingerprint density at radius 3 is 1.59 bits per heavy atom. The number of hydrogen-bond donors (Lipinski definition) is 1. The molecule has 2 aromatic carbocycles. The Balaban J connectivity index is 1.47. The van der Waals surface area contributed by atoms with E-state index in [4.69, 9.17) is 0 Å². The van der Waals surface area contributed by atoms with Crippen molar-refractivity contribution in [2.45, 2.75) is 44.2 Å².